The van der Waals surface area contributed by atoms with Crippen LogP contribution in [-0.2, 0) is 14.8 Å². The largest absolute Gasteiger partial charge is 0.279 e. The summed E-state index contributed by atoms with van der Waals surface area (Å²) in [6, 6.07) is 6.35. The van der Waals surface area contributed by atoms with Crippen LogP contribution in [0.5, 0.6) is 0 Å². The molecule has 0 aliphatic carbocycles. The Labute approximate surface area is 174 Å². The minimum Gasteiger partial charge on any atom is -0.279 e. The maximum atomic E-state index is 13.0. The second-order valence-electron chi connectivity index (χ2n) is 4.66. The first kappa shape index (κ1) is 20.9. The third-order valence-electron chi connectivity index (χ3n) is 2.99. The number of carbonyl (C=O) groups is 1. The Morgan fingerprint density at radius 3 is 2.08 bits per heavy atom. The van der Waals surface area contributed by atoms with E-state index in [1.54, 1.807) is 0 Å². The van der Waals surface area contributed by atoms with Gasteiger partial charge in [0.2, 0.25) is 5.24 Å². The van der Waals surface area contributed by atoms with Gasteiger partial charge in [-0.25, -0.2) is 8.42 Å². The van der Waals surface area contributed by atoms with Gasteiger partial charge in [-0.1, -0.05) is 58.0 Å². The molecule has 0 fully saturated rings. The normalized spacial score (nSPS) is 11.4. The minimum absolute atomic E-state index is 0.0421. The van der Waals surface area contributed by atoms with E-state index in [1.807, 2.05) is 0 Å². The lowest BCUT2D eigenvalue weighted by Crippen LogP contribution is -2.35. The molecule has 134 valence electrons. The van der Waals surface area contributed by atoms with Crippen molar-refractivity contribution in [2.45, 2.75) is 4.90 Å². The number of sulfonamides is 1. The molecule has 11 heteroatoms. The zero-order chi connectivity index (χ0) is 18.9. The van der Waals surface area contributed by atoms with Crippen molar-refractivity contribution in [2.75, 3.05) is 10.8 Å². The van der Waals surface area contributed by atoms with Gasteiger partial charge in [-0.2, -0.15) is 0 Å². The second-order valence-corrected chi connectivity index (χ2v) is 8.98. The van der Waals surface area contributed by atoms with E-state index in [9.17, 15) is 13.2 Å². The molecule has 0 saturated carbocycles. The first-order valence-corrected chi connectivity index (χ1v) is 10.1. The molecule has 0 N–H and O–H groups in total. The van der Waals surface area contributed by atoms with Crippen LogP contribution in [-0.4, -0.2) is 20.2 Å². The van der Waals surface area contributed by atoms with Crippen molar-refractivity contribution >= 4 is 90.6 Å². The summed E-state index contributed by atoms with van der Waals surface area (Å²) in [6.45, 7) is -0.704. The number of halogens is 6. The molecule has 0 radical (unpaired) electrons. The number of benzene rings is 2. The molecule has 2 aromatic carbocycles. The summed E-state index contributed by atoms with van der Waals surface area (Å²) in [5.41, 5.74) is -0.0823. The standard InChI is InChI=1S/C14H7Cl6NO3S/c15-7-1-2-8(16)13(3-7)25(23,24)21(6-14(20)22)12-5-10(18)9(17)4-11(12)19/h1-5H,6H2. The summed E-state index contributed by atoms with van der Waals surface area (Å²) in [5, 5.41) is -0.780. The molecule has 0 bridgehead atoms. The zero-order valence-electron chi connectivity index (χ0n) is 11.9. The summed E-state index contributed by atoms with van der Waals surface area (Å²) in [7, 11) is -4.33. The Bertz CT molecular complexity index is 948. The van der Waals surface area contributed by atoms with Gasteiger partial charge in [0, 0.05) is 5.02 Å². The Balaban J connectivity index is 2.71. The molecule has 2 rings (SSSR count). The predicted octanol–water partition coefficient (Wildman–Crippen LogP) is 5.91. The van der Waals surface area contributed by atoms with Crippen molar-refractivity contribution in [2.24, 2.45) is 0 Å². The SMILES string of the molecule is O=C(Cl)CN(c1cc(Cl)c(Cl)cc1Cl)S(=O)(=O)c1cc(Cl)ccc1Cl. The Morgan fingerprint density at radius 1 is 0.880 bits per heavy atom. The van der Waals surface area contributed by atoms with Gasteiger partial charge >= 0.3 is 0 Å². The molecule has 25 heavy (non-hydrogen) atoms. The quantitative estimate of drug-likeness (QED) is 0.394. The lowest BCUT2D eigenvalue weighted by atomic mass is 10.3. The Morgan fingerprint density at radius 2 is 1.48 bits per heavy atom. The van der Waals surface area contributed by atoms with E-state index in [-0.39, 0.29) is 35.7 Å². The Hall–Kier alpha value is -0.400. The second kappa shape index (κ2) is 8.09. The van der Waals surface area contributed by atoms with Crippen LogP contribution in [0.15, 0.2) is 35.2 Å². The van der Waals surface area contributed by atoms with Crippen LogP contribution >= 0.6 is 69.6 Å². The highest BCUT2D eigenvalue weighted by atomic mass is 35.5. The number of nitrogens with zero attached hydrogens (tertiary/aromatic N) is 1. The number of rotatable bonds is 5. The maximum Gasteiger partial charge on any atom is 0.266 e. The van der Waals surface area contributed by atoms with E-state index in [4.69, 9.17) is 69.6 Å². The highest BCUT2D eigenvalue weighted by molar-refractivity contribution is 7.93. The van der Waals surface area contributed by atoms with Gasteiger partial charge in [0.25, 0.3) is 10.0 Å². The molecule has 0 aliphatic heterocycles. The number of hydrogen-bond acceptors (Lipinski definition) is 3. The molecule has 0 unspecified atom stereocenters. The summed E-state index contributed by atoms with van der Waals surface area (Å²) < 4.78 is 26.7. The van der Waals surface area contributed by atoms with Crippen LogP contribution < -0.4 is 4.31 Å². The topological polar surface area (TPSA) is 54.5 Å². The third kappa shape index (κ3) is 4.66. The van der Waals surface area contributed by atoms with E-state index in [2.05, 4.69) is 0 Å². The van der Waals surface area contributed by atoms with E-state index in [0.717, 1.165) is 6.07 Å². The molecule has 4 nitrogen and oxygen atoms in total. The summed E-state index contributed by atoms with van der Waals surface area (Å²) in [5.74, 6) is 0. The van der Waals surface area contributed by atoms with Crippen molar-refractivity contribution in [1.29, 1.82) is 0 Å². The molecule has 0 aromatic heterocycles. The number of hydrogen-bond donors (Lipinski definition) is 0. The molecular weight excluding hydrogens is 475 g/mol. The monoisotopic (exact) mass is 479 g/mol. The van der Waals surface area contributed by atoms with Gasteiger partial charge < -0.3 is 0 Å². The van der Waals surface area contributed by atoms with Crippen LogP contribution in [0.2, 0.25) is 25.1 Å². The van der Waals surface area contributed by atoms with E-state index >= 15 is 0 Å². The van der Waals surface area contributed by atoms with Gasteiger partial charge in [-0.05, 0) is 41.9 Å². The lowest BCUT2D eigenvalue weighted by molar-refractivity contribution is -0.110. The molecule has 0 saturated heterocycles. The van der Waals surface area contributed by atoms with E-state index in [0.29, 0.717) is 4.31 Å². The van der Waals surface area contributed by atoms with Crippen molar-refractivity contribution in [3.05, 3.63) is 55.4 Å². The summed E-state index contributed by atoms with van der Waals surface area (Å²) >= 11 is 35.1. The van der Waals surface area contributed by atoms with Crippen molar-refractivity contribution in [1.82, 2.24) is 0 Å². The average Bonchev–Trinajstić information content (AvgIpc) is 2.51. The van der Waals surface area contributed by atoms with Crippen molar-refractivity contribution in [3.63, 3.8) is 0 Å². The molecular formula is C14H7Cl6NO3S. The average molecular weight is 482 g/mol. The Kier molecular flexibility index (Phi) is 6.77. The third-order valence-corrected chi connectivity index (χ3v) is 6.61. The first-order valence-electron chi connectivity index (χ1n) is 6.34. The van der Waals surface area contributed by atoms with Gasteiger partial charge in [0.15, 0.2) is 0 Å². The zero-order valence-corrected chi connectivity index (χ0v) is 17.3. The molecule has 2 aromatic rings. The van der Waals surface area contributed by atoms with Gasteiger partial charge in [-0.3, -0.25) is 9.10 Å². The van der Waals surface area contributed by atoms with Crippen LogP contribution in [0, 0.1) is 0 Å². The fraction of sp³-hybridized carbons (Fsp3) is 0.0714. The highest BCUT2D eigenvalue weighted by Crippen LogP contribution is 2.38. The van der Waals surface area contributed by atoms with Gasteiger partial charge in [0.05, 0.1) is 25.8 Å². The molecule has 0 spiro atoms. The molecule has 0 aliphatic rings. The van der Waals surface area contributed by atoms with Crippen molar-refractivity contribution in [3.8, 4) is 0 Å². The van der Waals surface area contributed by atoms with E-state index in [1.165, 1.54) is 24.3 Å². The fourth-order valence-corrected chi connectivity index (χ4v) is 4.96. The molecule has 0 atom stereocenters. The van der Waals surface area contributed by atoms with Crippen LogP contribution in [0.1, 0.15) is 0 Å². The van der Waals surface area contributed by atoms with Crippen LogP contribution in [0.4, 0.5) is 5.69 Å². The minimum atomic E-state index is -4.33. The van der Waals surface area contributed by atoms with Gasteiger partial charge in [0.1, 0.15) is 11.4 Å². The first-order chi connectivity index (χ1) is 11.5. The summed E-state index contributed by atoms with van der Waals surface area (Å²) in [4.78, 5) is 11.1. The number of carbonyl (C=O) groups excluding carboxylic acids is 1. The number of anilines is 1. The highest BCUT2D eigenvalue weighted by Gasteiger charge is 2.31. The summed E-state index contributed by atoms with van der Waals surface area (Å²) in [6.07, 6.45) is 0. The lowest BCUT2D eigenvalue weighted by Gasteiger charge is -2.25. The van der Waals surface area contributed by atoms with E-state index < -0.39 is 21.8 Å². The maximum absolute atomic E-state index is 13.0. The van der Waals surface area contributed by atoms with Crippen molar-refractivity contribution < 1.29 is 13.2 Å². The van der Waals surface area contributed by atoms with Crippen LogP contribution in [0.3, 0.4) is 0 Å². The molecule has 0 heterocycles. The van der Waals surface area contributed by atoms with Crippen LogP contribution in [0.25, 0.3) is 0 Å². The molecule has 0 amide bonds. The fourth-order valence-electron chi connectivity index (χ4n) is 1.91. The van der Waals surface area contributed by atoms with Gasteiger partial charge in [-0.15, -0.1) is 0 Å². The predicted molar refractivity (Wildman–Crippen MR) is 103 cm³/mol. The smallest absolute Gasteiger partial charge is 0.266 e.